The van der Waals surface area contributed by atoms with Crippen LogP contribution < -0.4 is 0 Å². The van der Waals surface area contributed by atoms with E-state index in [9.17, 15) is 19.4 Å². The molecule has 1 aromatic heterocycles. The SMILES string of the molecule is O=C(O)C(CCc1ccsc1)(c1ccccc1)[P+](=O)O. The lowest BCUT2D eigenvalue weighted by Gasteiger charge is -2.17. The molecule has 104 valence electrons. The zero-order valence-electron chi connectivity index (χ0n) is 10.6. The van der Waals surface area contributed by atoms with Gasteiger partial charge in [0.15, 0.2) is 0 Å². The highest BCUT2D eigenvalue weighted by Crippen LogP contribution is 2.48. The Morgan fingerprint density at radius 3 is 2.45 bits per heavy atom. The first kappa shape index (κ1) is 14.9. The maximum absolute atomic E-state index is 11.8. The number of carboxylic acids is 1. The highest BCUT2D eigenvalue weighted by atomic mass is 32.1. The van der Waals surface area contributed by atoms with Gasteiger partial charge < -0.3 is 5.11 Å². The number of hydrogen-bond donors (Lipinski definition) is 2. The van der Waals surface area contributed by atoms with E-state index in [1.54, 1.807) is 30.3 Å². The average molecular weight is 309 g/mol. The lowest BCUT2D eigenvalue weighted by Crippen LogP contribution is -2.32. The standard InChI is InChI=1S/C14H13O4PS/c15-13(16)14(19(17)18,12-4-2-1-3-5-12)8-6-11-7-9-20-10-11/h1-5,7,9-10H,6,8H2,(H-,15,16,17,18)/p+1. The molecule has 0 spiro atoms. The normalized spacial score (nSPS) is 14.6. The molecule has 2 N–H and O–H groups in total. The molecule has 2 unspecified atom stereocenters. The zero-order valence-corrected chi connectivity index (χ0v) is 12.3. The Bertz CT molecular complexity index is 581. The summed E-state index contributed by atoms with van der Waals surface area (Å²) in [6.45, 7) is 0. The topological polar surface area (TPSA) is 74.6 Å². The fourth-order valence-corrected chi connectivity index (χ4v) is 3.68. The number of benzene rings is 1. The lowest BCUT2D eigenvalue weighted by molar-refractivity contribution is -0.140. The molecule has 6 heteroatoms. The van der Waals surface area contributed by atoms with Crippen LogP contribution in [0.2, 0.25) is 0 Å². The smallest absolute Gasteiger partial charge is 0.477 e. The molecule has 0 fully saturated rings. The maximum atomic E-state index is 11.8. The Labute approximate surface area is 121 Å². The van der Waals surface area contributed by atoms with Crippen molar-refractivity contribution >= 4 is 25.3 Å². The fraction of sp³-hybridized carbons (Fsp3) is 0.214. The molecular weight excluding hydrogens is 295 g/mol. The van der Waals surface area contributed by atoms with Crippen molar-refractivity contribution in [3.63, 3.8) is 0 Å². The fourth-order valence-electron chi connectivity index (χ4n) is 2.14. The van der Waals surface area contributed by atoms with Crippen LogP contribution in [0.1, 0.15) is 17.5 Å². The van der Waals surface area contributed by atoms with Crippen molar-refractivity contribution in [1.82, 2.24) is 0 Å². The first-order valence-corrected chi connectivity index (χ1v) is 8.19. The highest BCUT2D eigenvalue weighted by Gasteiger charge is 2.58. The molecule has 0 aliphatic carbocycles. The molecule has 0 saturated heterocycles. The van der Waals surface area contributed by atoms with Crippen LogP contribution in [0.25, 0.3) is 0 Å². The van der Waals surface area contributed by atoms with Crippen LogP contribution in [0.4, 0.5) is 0 Å². The molecule has 4 nitrogen and oxygen atoms in total. The molecule has 20 heavy (non-hydrogen) atoms. The number of aryl methyl sites for hydroxylation is 1. The molecular formula is C14H14O4PS+. The Hall–Kier alpha value is -1.55. The van der Waals surface area contributed by atoms with E-state index >= 15 is 0 Å². The van der Waals surface area contributed by atoms with Crippen LogP contribution in [-0.2, 0) is 20.9 Å². The highest BCUT2D eigenvalue weighted by molar-refractivity contribution is 7.41. The minimum absolute atomic E-state index is 0.0920. The first-order valence-electron chi connectivity index (χ1n) is 6.03. The van der Waals surface area contributed by atoms with Crippen LogP contribution in [0.15, 0.2) is 47.2 Å². The van der Waals surface area contributed by atoms with Crippen molar-refractivity contribution in [1.29, 1.82) is 0 Å². The van der Waals surface area contributed by atoms with Crippen LogP contribution >= 0.6 is 19.4 Å². The third-order valence-electron chi connectivity index (χ3n) is 3.29. The van der Waals surface area contributed by atoms with Crippen LogP contribution in [-0.4, -0.2) is 16.0 Å². The van der Waals surface area contributed by atoms with Gasteiger partial charge in [-0.25, -0.2) is 4.79 Å². The second-order valence-corrected chi connectivity index (χ2v) is 6.53. The molecule has 0 saturated carbocycles. The van der Waals surface area contributed by atoms with Gasteiger partial charge in [-0.05, 0) is 33.4 Å². The van der Waals surface area contributed by atoms with E-state index in [0.717, 1.165) is 5.56 Å². The van der Waals surface area contributed by atoms with Gasteiger partial charge in [0.1, 0.15) is 0 Å². The largest absolute Gasteiger partial charge is 0.528 e. The molecule has 0 aliphatic heterocycles. The Morgan fingerprint density at radius 2 is 1.95 bits per heavy atom. The monoisotopic (exact) mass is 309 g/mol. The predicted octanol–water partition coefficient (Wildman–Crippen LogP) is 3.40. The zero-order chi connectivity index (χ0) is 14.6. The van der Waals surface area contributed by atoms with Gasteiger partial charge in [0.25, 0.3) is 0 Å². The number of thiophene rings is 1. The van der Waals surface area contributed by atoms with E-state index in [1.165, 1.54) is 11.3 Å². The van der Waals surface area contributed by atoms with Crippen molar-refractivity contribution in [3.05, 3.63) is 58.3 Å². The Balaban J connectivity index is 2.38. The molecule has 2 atom stereocenters. The van der Waals surface area contributed by atoms with Crippen molar-refractivity contribution < 1.29 is 19.4 Å². The summed E-state index contributed by atoms with van der Waals surface area (Å²) in [4.78, 5) is 21.3. The van der Waals surface area contributed by atoms with Crippen molar-refractivity contribution in [2.45, 2.75) is 18.0 Å². The van der Waals surface area contributed by atoms with E-state index in [0.29, 0.717) is 12.0 Å². The number of rotatable bonds is 6. The summed E-state index contributed by atoms with van der Waals surface area (Å²) in [5.41, 5.74) is 1.35. The van der Waals surface area contributed by atoms with Crippen LogP contribution in [0, 0.1) is 0 Å². The third-order valence-corrected chi connectivity index (χ3v) is 5.35. The molecule has 2 aromatic rings. The first-order chi connectivity index (χ1) is 9.57. The van der Waals surface area contributed by atoms with E-state index in [-0.39, 0.29) is 6.42 Å². The third kappa shape index (κ3) is 2.80. The van der Waals surface area contributed by atoms with Gasteiger partial charge in [0, 0.05) is 12.0 Å². The second-order valence-electron chi connectivity index (χ2n) is 4.44. The van der Waals surface area contributed by atoms with Crippen molar-refractivity contribution in [2.75, 3.05) is 0 Å². The number of aliphatic carboxylic acids is 1. The summed E-state index contributed by atoms with van der Waals surface area (Å²) in [5.74, 6) is -1.26. The van der Waals surface area contributed by atoms with E-state index in [2.05, 4.69) is 0 Å². The Morgan fingerprint density at radius 1 is 1.25 bits per heavy atom. The van der Waals surface area contributed by atoms with Crippen LogP contribution in [0.3, 0.4) is 0 Å². The number of hydrogen-bond acceptors (Lipinski definition) is 3. The molecule has 1 heterocycles. The van der Waals surface area contributed by atoms with Crippen molar-refractivity contribution in [2.24, 2.45) is 0 Å². The quantitative estimate of drug-likeness (QED) is 0.802. The summed E-state index contributed by atoms with van der Waals surface area (Å²) in [5, 5.41) is 11.6. The van der Waals surface area contributed by atoms with Gasteiger partial charge in [-0.2, -0.15) is 16.2 Å². The average Bonchev–Trinajstić information content (AvgIpc) is 2.93. The van der Waals surface area contributed by atoms with Gasteiger partial charge in [0.05, 0.1) is 0 Å². The van der Waals surface area contributed by atoms with E-state index < -0.39 is 19.2 Å². The predicted molar refractivity (Wildman–Crippen MR) is 78.2 cm³/mol. The number of carbonyl (C=O) groups is 1. The van der Waals surface area contributed by atoms with Gasteiger partial charge in [0.2, 0.25) is 0 Å². The maximum Gasteiger partial charge on any atom is 0.528 e. The number of carboxylic acid groups (broad SMARTS) is 1. The lowest BCUT2D eigenvalue weighted by atomic mass is 9.92. The summed E-state index contributed by atoms with van der Waals surface area (Å²) < 4.78 is 11.8. The molecule has 0 aliphatic rings. The van der Waals surface area contributed by atoms with Gasteiger partial charge in [-0.3, -0.25) is 0 Å². The summed E-state index contributed by atoms with van der Waals surface area (Å²) in [7, 11) is -2.89. The summed E-state index contributed by atoms with van der Waals surface area (Å²) in [6.07, 6.45) is 0.543. The van der Waals surface area contributed by atoms with E-state index in [1.807, 2.05) is 16.8 Å². The molecule has 0 amide bonds. The minimum Gasteiger partial charge on any atom is -0.477 e. The van der Waals surface area contributed by atoms with Gasteiger partial charge in [-0.15, -0.1) is 0 Å². The summed E-state index contributed by atoms with van der Waals surface area (Å²) in [6, 6.07) is 10.2. The van der Waals surface area contributed by atoms with Crippen LogP contribution in [0.5, 0.6) is 0 Å². The molecule has 0 radical (unpaired) electrons. The molecule has 1 aromatic carbocycles. The minimum atomic E-state index is -2.89. The van der Waals surface area contributed by atoms with Crippen molar-refractivity contribution in [3.8, 4) is 0 Å². The van der Waals surface area contributed by atoms with Gasteiger partial charge >= 0.3 is 19.2 Å². The van der Waals surface area contributed by atoms with E-state index in [4.69, 9.17) is 0 Å². The summed E-state index contributed by atoms with van der Waals surface area (Å²) >= 11 is 1.52. The van der Waals surface area contributed by atoms with Gasteiger partial charge in [-0.1, -0.05) is 30.3 Å². The molecule has 0 bridgehead atoms. The molecule has 2 rings (SSSR count). The second kappa shape index (κ2) is 6.27. The Kier molecular flexibility index (Phi) is 4.65.